The molecule has 2 saturated heterocycles. The maximum atomic E-state index is 12.0. The largest absolute Gasteiger partial charge is 0.555 e. The molecule has 0 saturated carbocycles. The standard InChI is InChI=1S/C20H22BN5O4.C10H10BBrO2.C10H13N5O2/c1-11-5-15(7-14-6-12(2)21(28)30-18(11)14)24-20-16(19(23)27)9-26(25-20)17-10-29-4-3-13(17)8-22;1-6-3-9(12)5-8-4-7(2)11(13)14-10(6)8;11-3-6-1-2-17-5-8(6)15-4-7(10(13)16)9(12)14-15/h5-7,9,13,17,28H,3-4,10H2,1-2H3,(H2,23,27)(H,24,25);3-5,13H,1-2H3;4,6,8H,1-2,5H2,(H2,12,14)(H2,13,16)/t13-,17?;;6-,8?/m1.1/s1. The van der Waals surface area contributed by atoms with E-state index in [1.54, 1.807) is 17.8 Å². The van der Waals surface area contributed by atoms with Crippen molar-refractivity contribution in [3.05, 3.63) is 85.5 Å². The number of hydrogen-bond donors (Lipinski definition) is 6. The number of nitrogens with two attached hydrogens (primary N) is 3. The number of nitriles is 2. The van der Waals surface area contributed by atoms with Crippen molar-refractivity contribution >= 4 is 71.5 Å². The zero-order valence-corrected chi connectivity index (χ0v) is 35.5. The van der Waals surface area contributed by atoms with Gasteiger partial charge in [0.15, 0.2) is 11.6 Å². The molecule has 4 atom stereocenters. The summed E-state index contributed by atoms with van der Waals surface area (Å²) in [4.78, 5) is 23.1. The van der Waals surface area contributed by atoms with Crippen LogP contribution < -0.4 is 31.8 Å². The molecular weight excluding hydrogens is 850 g/mol. The quantitative estimate of drug-likeness (QED) is 0.148. The summed E-state index contributed by atoms with van der Waals surface area (Å²) >= 11 is 3.43. The van der Waals surface area contributed by atoms with Crippen LogP contribution in [-0.4, -0.2) is 82.1 Å². The summed E-state index contributed by atoms with van der Waals surface area (Å²) in [6, 6.07) is 11.6. The first-order valence-electron chi connectivity index (χ1n) is 19.3. The minimum atomic E-state index is -0.960. The van der Waals surface area contributed by atoms with Crippen LogP contribution in [-0.2, 0) is 9.47 Å². The van der Waals surface area contributed by atoms with Gasteiger partial charge < -0.3 is 51.3 Å². The molecule has 9 N–H and O–H groups in total. The minimum absolute atomic E-state index is 0.0831. The second-order valence-electron chi connectivity index (χ2n) is 15.0. The third kappa shape index (κ3) is 10.1. The summed E-state index contributed by atoms with van der Waals surface area (Å²) in [6.45, 7) is 9.30. The van der Waals surface area contributed by atoms with Gasteiger partial charge in [0.2, 0.25) is 0 Å². The average molecular weight is 895 g/mol. The number of amides is 2. The van der Waals surface area contributed by atoms with Crippen LogP contribution in [0.15, 0.2) is 52.1 Å². The normalized spacial score (nSPS) is 20.2. The predicted molar refractivity (Wildman–Crippen MR) is 231 cm³/mol. The fourth-order valence-electron chi connectivity index (χ4n) is 7.21. The van der Waals surface area contributed by atoms with E-state index in [0.717, 1.165) is 37.9 Å². The second kappa shape index (κ2) is 19.1. The van der Waals surface area contributed by atoms with Gasteiger partial charge in [-0.15, -0.1) is 0 Å². The molecule has 2 fully saturated rings. The van der Waals surface area contributed by atoms with Gasteiger partial charge in [0, 0.05) is 46.9 Å². The van der Waals surface area contributed by atoms with Crippen LogP contribution in [0.5, 0.6) is 11.5 Å². The van der Waals surface area contributed by atoms with E-state index in [4.69, 9.17) is 41.2 Å². The molecule has 4 aliphatic rings. The lowest BCUT2D eigenvalue weighted by Gasteiger charge is -2.27. The van der Waals surface area contributed by atoms with E-state index in [-0.39, 0.29) is 40.9 Å². The van der Waals surface area contributed by atoms with Gasteiger partial charge in [-0.05, 0) is 86.9 Å². The third-order valence-electron chi connectivity index (χ3n) is 10.5. The number of halogens is 1. The van der Waals surface area contributed by atoms with Crippen LogP contribution in [0.4, 0.5) is 17.3 Å². The van der Waals surface area contributed by atoms with Gasteiger partial charge in [-0.2, -0.15) is 20.7 Å². The van der Waals surface area contributed by atoms with E-state index in [0.29, 0.717) is 62.0 Å². The zero-order chi connectivity index (χ0) is 44.1. The van der Waals surface area contributed by atoms with Crippen LogP contribution in [0.3, 0.4) is 0 Å². The molecule has 21 heteroatoms. The van der Waals surface area contributed by atoms with Crippen LogP contribution in [0.2, 0.25) is 0 Å². The van der Waals surface area contributed by atoms with Crippen LogP contribution in [0, 0.1) is 48.3 Å². The topological polar surface area (TPSA) is 285 Å². The highest BCUT2D eigenvalue weighted by molar-refractivity contribution is 9.10. The van der Waals surface area contributed by atoms with Crippen molar-refractivity contribution in [1.29, 1.82) is 10.5 Å². The van der Waals surface area contributed by atoms with Crippen molar-refractivity contribution in [3.63, 3.8) is 0 Å². The molecule has 61 heavy (non-hydrogen) atoms. The SMILES string of the molecule is CC1=Cc2cc(Br)cc(C)c2OB1O.CC1=Cc2cc(Nc3nn(C4COCC[C@@H]4C#N)cc3C(N)=O)cc(C)c2OB1O.N#C[C@H]1CCOCC1n1cc(C(N)=O)c(N)n1. The van der Waals surface area contributed by atoms with E-state index in [2.05, 4.69) is 43.6 Å². The maximum Gasteiger partial charge on any atom is 0.555 e. The molecule has 2 aromatic carbocycles. The molecule has 316 valence electrons. The van der Waals surface area contributed by atoms with Gasteiger partial charge in [-0.25, -0.2) is 0 Å². The number of aromatic nitrogens is 4. The number of nitrogens with zero attached hydrogens (tertiary/aromatic N) is 6. The number of hydrogen-bond acceptors (Lipinski definition) is 14. The number of primary amides is 2. The zero-order valence-electron chi connectivity index (χ0n) is 34.0. The van der Waals surface area contributed by atoms with Crippen molar-refractivity contribution in [2.75, 3.05) is 37.5 Å². The number of carbonyl (C=O) groups is 2. The Balaban J connectivity index is 0.000000169. The lowest BCUT2D eigenvalue weighted by atomic mass is 9.76. The van der Waals surface area contributed by atoms with E-state index in [1.165, 1.54) is 10.9 Å². The lowest BCUT2D eigenvalue weighted by molar-refractivity contribution is 0.0341. The number of nitrogen functional groups attached to an aromatic ring is 1. The van der Waals surface area contributed by atoms with Crippen molar-refractivity contribution in [2.45, 2.75) is 52.6 Å². The summed E-state index contributed by atoms with van der Waals surface area (Å²) < 4.78 is 25.9. The number of fused-ring (bicyclic) bond motifs is 2. The fraction of sp³-hybridized carbons (Fsp3) is 0.350. The summed E-state index contributed by atoms with van der Waals surface area (Å²) in [5.74, 6) is 0.0756. The monoisotopic (exact) mass is 894 g/mol. The number of carbonyl (C=O) groups excluding carboxylic acids is 2. The van der Waals surface area contributed by atoms with Gasteiger partial charge in [0.1, 0.15) is 22.6 Å². The fourth-order valence-corrected chi connectivity index (χ4v) is 7.80. The van der Waals surface area contributed by atoms with Crippen LogP contribution in [0.1, 0.15) is 81.7 Å². The Morgan fingerprint density at radius 1 is 0.803 bits per heavy atom. The predicted octanol–water partition coefficient (Wildman–Crippen LogP) is 4.19. The number of ether oxygens (including phenoxy) is 2. The molecule has 2 aromatic heterocycles. The Morgan fingerprint density at radius 2 is 1.30 bits per heavy atom. The second-order valence-corrected chi connectivity index (χ2v) is 16.0. The molecular formula is C40H45B2BrN10O8. The molecule has 2 amide bonds. The van der Waals surface area contributed by atoms with Gasteiger partial charge in [-0.3, -0.25) is 19.0 Å². The highest BCUT2D eigenvalue weighted by Crippen LogP contribution is 2.36. The van der Waals surface area contributed by atoms with Crippen LogP contribution >= 0.6 is 15.9 Å². The third-order valence-corrected chi connectivity index (χ3v) is 11.0. The average Bonchev–Trinajstić information content (AvgIpc) is 3.83. The van der Waals surface area contributed by atoms with E-state index in [1.807, 2.05) is 57.2 Å². The van der Waals surface area contributed by atoms with E-state index in [9.17, 15) is 24.9 Å². The van der Waals surface area contributed by atoms with E-state index < -0.39 is 26.1 Å². The Hall–Kier alpha value is -6.09. The number of benzene rings is 2. The summed E-state index contributed by atoms with van der Waals surface area (Å²) in [6.07, 6.45) is 8.09. The summed E-state index contributed by atoms with van der Waals surface area (Å²) in [5.41, 5.74) is 22.6. The molecule has 6 heterocycles. The molecule has 0 spiro atoms. The van der Waals surface area contributed by atoms with Crippen molar-refractivity contribution in [2.24, 2.45) is 23.3 Å². The first-order valence-corrected chi connectivity index (χ1v) is 20.1. The van der Waals surface area contributed by atoms with E-state index >= 15 is 0 Å². The minimum Gasteiger partial charge on any atom is -0.532 e. The summed E-state index contributed by atoms with van der Waals surface area (Å²) in [5, 5.41) is 49.6. The van der Waals surface area contributed by atoms with Crippen molar-refractivity contribution in [1.82, 2.24) is 19.6 Å². The molecule has 2 unspecified atom stereocenters. The lowest BCUT2D eigenvalue weighted by Crippen LogP contribution is -2.29. The Morgan fingerprint density at radius 3 is 1.80 bits per heavy atom. The Bertz CT molecular complexity index is 2480. The Kier molecular flexibility index (Phi) is 13.9. The molecule has 0 aliphatic carbocycles. The van der Waals surface area contributed by atoms with Gasteiger partial charge in [0.25, 0.3) is 11.8 Å². The molecule has 8 rings (SSSR count). The van der Waals surface area contributed by atoms with Gasteiger partial charge in [-0.1, -0.05) is 28.1 Å². The smallest absolute Gasteiger partial charge is 0.532 e. The van der Waals surface area contributed by atoms with Crippen molar-refractivity contribution in [3.8, 4) is 23.6 Å². The molecule has 18 nitrogen and oxygen atoms in total. The first kappa shape index (κ1) is 44.5. The molecule has 0 bridgehead atoms. The van der Waals surface area contributed by atoms with Gasteiger partial charge >= 0.3 is 14.2 Å². The van der Waals surface area contributed by atoms with Crippen molar-refractivity contribution < 1.29 is 38.4 Å². The maximum absolute atomic E-state index is 12.0. The number of nitrogens with one attached hydrogen (secondary N) is 1. The highest BCUT2D eigenvalue weighted by atomic mass is 79.9. The molecule has 4 aromatic rings. The number of aryl methyl sites for hydroxylation is 2. The van der Waals surface area contributed by atoms with Crippen LogP contribution in [0.25, 0.3) is 12.2 Å². The highest BCUT2D eigenvalue weighted by Gasteiger charge is 2.32. The molecule has 0 radical (unpaired) electrons. The van der Waals surface area contributed by atoms with Gasteiger partial charge in [0.05, 0.1) is 49.3 Å². The molecule has 4 aliphatic heterocycles. The Labute approximate surface area is 361 Å². The number of allylic oxidation sites excluding steroid dienone is 2. The number of anilines is 3. The number of rotatable bonds is 6. The first-order chi connectivity index (χ1) is 29.1. The summed E-state index contributed by atoms with van der Waals surface area (Å²) in [7, 11) is -1.76.